The van der Waals surface area contributed by atoms with Gasteiger partial charge in [-0.15, -0.1) is 0 Å². The Labute approximate surface area is 101 Å². The topological polar surface area (TPSA) is 43.7 Å². The molecule has 2 rings (SSSR count). The van der Waals surface area contributed by atoms with E-state index in [1.54, 1.807) is 6.07 Å². The van der Waals surface area contributed by atoms with Crippen molar-refractivity contribution >= 4 is 24.3 Å². The van der Waals surface area contributed by atoms with E-state index in [0.29, 0.717) is 5.46 Å². The largest absolute Gasteiger partial charge is 0.488 e. The quantitative estimate of drug-likeness (QED) is 0.721. The van der Waals surface area contributed by atoms with Crippen LogP contribution in [0.4, 0.5) is 0 Å². The average Bonchev–Trinajstić information content (AvgIpc) is 2.30. The first-order valence-electron chi connectivity index (χ1n) is 5.51. The molecule has 1 aliphatic rings. The van der Waals surface area contributed by atoms with Gasteiger partial charge in [0.15, 0.2) is 0 Å². The third-order valence-electron chi connectivity index (χ3n) is 2.76. The summed E-state index contributed by atoms with van der Waals surface area (Å²) in [5, 5.41) is 18.2. The van der Waals surface area contributed by atoms with Gasteiger partial charge in [-0.3, -0.25) is 4.90 Å². The number of rotatable bonds is 3. The summed E-state index contributed by atoms with van der Waals surface area (Å²) in [6.07, 6.45) is 0. The lowest BCUT2D eigenvalue weighted by Gasteiger charge is -2.26. The minimum Gasteiger partial charge on any atom is -0.423 e. The first-order chi connectivity index (χ1) is 7.75. The molecule has 1 aromatic rings. The van der Waals surface area contributed by atoms with Gasteiger partial charge in [0.05, 0.1) is 0 Å². The van der Waals surface area contributed by atoms with Crippen LogP contribution in [0.15, 0.2) is 24.3 Å². The maximum absolute atomic E-state index is 9.09. The lowest BCUT2D eigenvalue weighted by atomic mass is 9.79. The van der Waals surface area contributed by atoms with Crippen LogP contribution in [-0.4, -0.2) is 46.7 Å². The van der Waals surface area contributed by atoms with Gasteiger partial charge in [0.2, 0.25) is 0 Å². The number of hydrogen-bond acceptors (Lipinski definition) is 4. The zero-order valence-electron chi connectivity index (χ0n) is 9.17. The van der Waals surface area contributed by atoms with Crippen molar-refractivity contribution in [3.05, 3.63) is 29.8 Å². The summed E-state index contributed by atoms with van der Waals surface area (Å²) in [4.78, 5) is 2.40. The van der Waals surface area contributed by atoms with E-state index >= 15 is 0 Å². The van der Waals surface area contributed by atoms with E-state index in [4.69, 9.17) is 10.0 Å². The molecule has 0 amide bonds. The van der Waals surface area contributed by atoms with E-state index in [1.165, 1.54) is 11.5 Å². The number of benzene rings is 1. The minimum atomic E-state index is -1.36. The molecule has 1 saturated heterocycles. The third-order valence-corrected chi connectivity index (χ3v) is 3.70. The molecular weight excluding hydrogens is 221 g/mol. The Morgan fingerprint density at radius 1 is 1.25 bits per heavy atom. The molecule has 0 atom stereocenters. The van der Waals surface area contributed by atoms with E-state index in [-0.39, 0.29) is 0 Å². The highest BCUT2D eigenvalue weighted by Gasteiger charge is 2.13. The summed E-state index contributed by atoms with van der Waals surface area (Å²) in [6.45, 7) is 3.15. The summed E-state index contributed by atoms with van der Waals surface area (Å²) in [5.74, 6) is 2.39. The lowest BCUT2D eigenvalue weighted by molar-refractivity contribution is 0.294. The third kappa shape index (κ3) is 3.25. The normalized spacial score (nSPS) is 17.4. The first kappa shape index (κ1) is 12.0. The van der Waals surface area contributed by atoms with Crippen molar-refractivity contribution in [1.29, 1.82) is 0 Å². The highest BCUT2D eigenvalue weighted by Crippen LogP contribution is 2.12. The van der Waals surface area contributed by atoms with Crippen LogP contribution in [0, 0.1) is 0 Å². The Hall–Kier alpha value is -0.485. The highest BCUT2D eigenvalue weighted by molar-refractivity contribution is 7.99. The standard InChI is InChI=1S/C11H16BNO2S/c14-12(15)11-3-1-2-10(8-11)9-13-4-6-16-7-5-13/h1-3,8,14-15H,4-7,9H2. The fourth-order valence-electron chi connectivity index (χ4n) is 1.87. The van der Waals surface area contributed by atoms with Crippen molar-refractivity contribution in [3.8, 4) is 0 Å². The lowest BCUT2D eigenvalue weighted by Crippen LogP contribution is -2.33. The molecule has 0 radical (unpaired) electrons. The summed E-state index contributed by atoms with van der Waals surface area (Å²) < 4.78 is 0. The molecule has 0 bridgehead atoms. The van der Waals surface area contributed by atoms with Crippen LogP contribution < -0.4 is 5.46 Å². The number of hydrogen-bond donors (Lipinski definition) is 2. The first-order valence-corrected chi connectivity index (χ1v) is 6.66. The van der Waals surface area contributed by atoms with Crippen LogP contribution >= 0.6 is 11.8 Å². The molecule has 0 saturated carbocycles. The van der Waals surface area contributed by atoms with Crippen LogP contribution in [0.25, 0.3) is 0 Å². The van der Waals surface area contributed by atoms with Crippen LogP contribution in [0.1, 0.15) is 5.56 Å². The molecule has 0 aliphatic carbocycles. The Morgan fingerprint density at radius 3 is 2.69 bits per heavy atom. The van der Waals surface area contributed by atoms with Gasteiger partial charge < -0.3 is 10.0 Å². The van der Waals surface area contributed by atoms with E-state index in [9.17, 15) is 0 Å². The zero-order chi connectivity index (χ0) is 11.4. The maximum Gasteiger partial charge on any atom is 0.488 e. The fraction of sp³-hybridized carbons (Fsp3) is 0.455. The predicted molar refractivity (Wildman–Crippen MR) is 68.9 cm³/mol. The van der Waals surface area contributed by atoms with Gasteiger partial charge in [0.25, 0.3) is 0 Å². The monoisotopic (exact) mass is 237 g/mol. The smallest absolute Gasteiger partial charge is 0.423 e. The zero-order valence-corrected chi connectivity index (χ0v) is 9.99. The highest BCUT2D eigenvalue weighted by atomic mass is 32.2. The summed E-state index contributed by atoms with van der Waals surface area (Å²) in [5.41, 5.74) is 1.72. The molecular formula is C11H16BNO2S. The van der Waals surface area contributed by atoms with Gasteiger partial charge in [-0.05, 0) is 11.0 Å². The summed E-state index contributed by atoms with van der Waals surface area (Å²) >= 11 is 2.00. The second-order valence-electron chi connectivity index (χ2n) is 4.01. The Bertz CT molecular complexity index is 343. The Morgan fingerprint density at radius 2 is 2.00 bits per heavy atom. The predicted octanol–water partition coefficient (Wildman–Crippen LogP) is -0.0848. The molecule has 86 valence electrons. The number of nitrogens with zero attached hydrogens (tertiary/aromatic N) is 1. The van der Waals surface area contributed by atoms with Crippen molar-refractivity contribution in [1.82, 2.24) is 4.90 Å². The van der Waals surface area contributed by atoms with E-state index in [2.05, 4.69) is 4.90 Å². The van der Waals surface area contributed by atoms with Crippen molar-refractivity contribution < 1.29 is 10.0 Å². The van der Waals surface area contributed by atoms with Crippen LogP contribution in [0.5, 0.6) is 0 Å². The molecule has 1 aromatic carbocycles. The van der Waals surface area contributed by atoms with Gasteiger partial charge in [0, 0.05) is 31.1 Å². The molecule has 0 aromatic heterocycles. The molecule has 0 spiro atoms. The van der Waals surface area contributed by atoms with E-state index in [1.807, 2.05) is 30.0 Å². The molecule has 5 heteroatoms. The van der Waals surface area contributed by atoms with Gasteiger partial charge in [-0.25, -0.2) is 0 Å². The molecule has 2 N–H and O–H groups in total. The van der Waals surface area contributed by atoms with E-state index in [0.717, 1.165) is 25.2 Å². The van der Waals surface area contributed by atoms with Crippen molar-refractivity contribution in [3.63, 3.8) is 0 Å². The molecule has 1 aliphatic heterocycles. The molecule has 3 nitrogen and oxygen atoms in total. The van der Waals surface area contributed by atoms with Crippen molar-refractivity contribution in [2.45, 2.75) is 6.54 Å². The van der Waals surface area contributed by atoms with Crippen molar-refractivity contribution in [2.75, 3.05) is 24.6 Å². The van der Waals surface area contributed by atoms with Gasteiger partial charge in [-0.1, -0.05) is 24.3 Å². The van der Waals surface area contributed by atoms with Gasteiger partial charge in [-0.2, -0.15) is 11.8 Å². The molecule has 16 heavy (non-hydrogen) atoms. The molecule has 0 unspecified atom stereocenters. The molecule has 1 fully saturated rings. The van der Waals surface area contributed by atoms with Crippen LogP contribution in [-0.2, 0) is 6.54 Å². The maximum atomic E-state index is 9.09. The number of thioether (sulfide) groups is 1. The summed E-state index contributed by atoms with van der Waals surface area (Å²) in [7, 11) is -1.36. The molecule has 1 heterocycles. The minimum absolute atomic E-state index is 0.573. The Kier molecular flexibility index (Phi) is 4.29. The van der Waals surface area contributed by atoms with Crippen molar-refractivity contribution in [2.24, 2.45) is 0 Å². The second-order valence-corrected chi connectivity index (χ2v) is 5.23. The van der Waals surface area contributed by atoms with Crippen LogP contribution in [0.2, 0.25) is 0 Å². The van der Waals surface area contributed by atoms with Crippen LogP contribution in [0.3, 0.4) is 0 Å². The summed E-state index contributed by atoms with van der Waals surface area (Å²) in [6, 6.07) is 7.52. The van der Waals surface area contributed by atoms with E-state index < -0.39 is 7.12 Å². The fourth-order valence-corrected chi connectivity index (χ4v) is 2.85. The van der Waals surface area contributed by atoms with Gasteiger partial charge >= 0.3 is 7.12 Å². The van der Waals surface area contributed by atoms with Gasteiger partial charge in [0.1, 0.15) is 0 Å². The Balaban J connectivity index is 2.00. The second kappa shape index (κ2) is 5.73. The SMILES string of the molecule is OB(O)c1cccc(CN2CCSCC2)c1. The average molecular weight is 237 g/mol.